The van der Waals surface area contributed by atoms with Gasteiger partial charge in [-0.05, 0) is 92.2 Å². The highest BCUT2D eigenvalue weighted by atomic mass is 16.4. The zero-order chi connectivity index (χ0) is 22.0. The first-order valence-electron chi connectivity index (χ1n) is 11.9. The molecule has 0 amide bonds. The molecule has 0 bridgehead atoms. The third-order valence-electron chi connectivity index (χ3n) is 9.62. The quantitative estimate of drug-likeness (QED) is 0.698. The third-order valence-corrected chi connectivity index (χ3v) is 9.62. The Morgan fingerprint density at radius 1 is 1.06 bits per heavy atom. The van der Waals surface area contributed by atoms with Crippen molar-refractivity contribution in [1.29, 1.82) is 0 Å². The molecule has 0 radical (unpaired) electrons. The summed E-state index contributed by atoms with van der Waals surface area (Å²) in [6, 6.07) is 3.44. The Morgan fingerprint density at radius 3 is 2.58 bits per heavy atom. The summed E-state index contributed by atoms with van der Waals surface area (Å²) in [6.45, 7) is 4.74. The maximum atomic E-state index is 12.3. The maximum Gasteiger partial charge on any atom is 0.335 e. The molecule has 6 atom stereocenters. The van der Waals surface area contributed by atoms with Gasteiger partial charge in [-0.15, -0.1) is 0 Å². The zero-order valence-corrected chi connectivity index (χ0v) is 19.4. The predicted molar refractivity (Wildman–Crippen MR) is 122 cm³/mol. The highest BCUT2D eigenvalue weighted by Crippen LogP contribution is 2.69. The first kappa shape index (κ1) is 21.0. The van der Waals surface area contributed by atoms with E-state index in [2.05, 4.69) is 25.0 Å². The molecule has 1 N–H and O–H groups in total. The summed E-state index contributed by atoms with van der Waals surface area (Å²) >= 11 is 0. The smallest absolute Gasteiger partial charge is 0.335 e. The van der Waals surface area contributed by atoms with Gasteiger partial charge in [0.15, 0.2) is 0 Å². The molecular weight excluding hydrogens is 388 g/mol. The van der Waals surface area contributed by atoms with Gasteiger partial charge in [-0.25, -0.2) is 4.79 Å². The van der Waals surface area contributed by atoms with Crippen LogP contribution in [0.1, 0.15) is 76.7 Å². The van der Waals surface area contributed by atoms with Gasteiger partial charge in [0.2, 0.25) is 0 Å². The van der Waals surface area contributed by atoms with Crippen LogP contribution in [0.5, 0.6) is 0 Å². The second-order valence-corrected chi connectivity index (χ2v) is 11.1. The summed E-state index contributed by atoms with van der Waals surface area (Å²) in [6.07, 6.45) is 12.3. The Hall–Kier alpha value is -1.88. The van der Waals surface area contributed by atoms with Crippen LogP contribution in [-0.2, 0) is 0 Å². The summed E-state index contributed by atoms with van der Waals surface area (Å²) in [4.78, 5) is 11.5. The van der Waals surface area contributed by atoms with Gasteiger partial charge < -0.3 is 14.5 Å². The van der Waals surface area contributed by atoms with Gasteiger partial charge in [0.05, 0.1) is 17.6 Å². The number of hydrazone groups is 1. The Labute approximate surface area is 185 Å². The Morgan fingerprint density at radius 2 is 1.87 bits per heavy atom. The van der Waals surface area contributed by atoms with E-state index in [1.807, 2.05) is 25.2 Å². The number of aliphatic hydroxyl groups is 1. The summed E-state index contributed by atoms with van der Waals surface area (Å²) in [5.74, 6) is 1.11. The molecule has 5 rings (SSSR count). The summed E-state index contributed by atoms with van der Waals surface area (Å²) in [7, 11) is 3.98. The minimum absolute atomic E-state index is 0.169. The van der Waals surface area contributed by atoms with Crippen LogP contribution in [0.3, 0.4) is 0 Å². The van der Waals surface area contributed by atoms with Crippen molar-refractivity contribution < 1.29 is 9.52 Å². The topological polar surface area (TPSA) is 66.0 Å². The summed E-state index contributed by atoms with van der Waals surface area (Å²) in [5.41, 5.74) is 2.86. The molecule has 3 saturated carbocycles. The molecule has 1 heterocycles. The van der Waals surface area contributed by atoms with Gasteiger partial charge in [0.1, 0.15) is 0 Å². The van der Waals surface area contributed by atoms with Crippen LogP contribution < -0.4 is 5.63 Å². The minimum Gasteiger partial charge on any atom is -0.431 e. The number of rotatable bonds is 2. The highest BCUT2D eigenvalue weighted by molar-refractivity contribution is 5.96. The molecule has 168 valence electrons. The van der Waals surface area contributed by atoms with E-state index in [0.29, 0.717) is 11.8 Å². The standard InChI is InChI=1S/C26H36N2O3/c1-24-12-9-19(27-28(3)4)15-18(24)6-7-22-21(24)10-13-25(2)20(11-14-26(22,25)30)17-5-8-23(29)31-16-17/h5,8,15-16,20-22,30H,6-7,9-14H2,1-4H3/b27-19+/t20-,21?,22?,24+,25-,26+/m1/s1. The second kappa shape index (κ2) is 7.06. The third kappa shape index (κ3) is 2.99. The number of allylic oxidation sites excluding steroid dienone is 2. The van der Waals surface area contributed by atoms with E-state index in [1.165, 1.54) is 11.8 Å². The first-order chi connectivity index (χ1) is 14.7. The fraction of sp³-hybridized carbons (Fsp3) is 0.692. The molecule has 0 saturated heterocycles. The van der Waals surface area contributed by atoms with Crippen LogP contribution in [0, 0.1) is 22.7 Å². The summed E-state index contributed by atoms with van der Waals surface area (Å²) < 4.78 is 5.20. The van der Waals surface area contributed by atoms with Gasteiger partial charge in [-0.2, -0.15) is 5.10 Å². The van der Waals surface area contributed by atoms with Gasteiger partial charge in [0, 0.05) is 25.6 Å². The molecular formula is C26H36N2O3. The van der Waals surface area contributed by atoms with Crippen molar-refractivity contribution in [2.24, 2.45) is 27.8 Å². The number of nitrogens with zero attached hydrogens (tertiary/aromatic N) is 2. The number of hydrogen-bond acceptors (Lipinski definition) is 5. The number of hydrogen-bond donors (Lipinski definition) is 1. The van der Waals surface area contributed by atoms with E-state index in [9.17, 15) is 9.90 Å². The van der Waals surface area contributed by atoms with Gasteiger partial charge in [0.25, 0.3) is 0 Å². The van der Waals surface area contributed by atoms with Crippen molar-refractivity contribution in [3.63, 3.8) is 0 Å². The molecule has 5 nitrogen and oxygen atoms in total. The SMILES string of the molecule is CN(C)/N=C1/C=C2CCC3C(CC[C@]4(C)[C@@H](c5ccc(=O)oc5)CC[C@]34O)[C@@]2(C)CC1. The van der Waals surface area contributed by atoms with Crippen LogP contribution in [0.15, 0.2) is 44.4 Å². The van der Waals surface area contributed by atoms with Crippen LogP contribution in [0.2, 0.25) is 0 Å². The molecule has 0 aliphatic heterocycles. The lowest BCUT2D eigenvalue weighted by Gasteiger charge is -2.61. The lowest BCUT2D eigenvalue weighted by atomic mass is 9.45. The monoisotopic (exact) mass is 424 g/mol. The predicted octanol–water partition coefficient (Wildman–Crippen LogP) is 4.72. The molecule has 4 aliphatic rings. The van der Waals surface area contributed by atoms with Gasteiger partial charge >= 0.3 is 5.63 Å². The number of fused-ring (bicyclic) bond motifs is 5. The van der Waals surface area contributed by atoms with Crippen LogP contribution in [-0.4, -0.2) is 35.5 Å². The van der Waals surface area contributed by atoms with E-state index in [-0.39, 0.29) is 22.4 Å². The van der Waals surface area contributed by atoms with E-state index in [4.69, 9.17) is 4.42 Å². The Balaban J connectivity index is 1.47. The van der Waals surface area contributed by atoms with E-state index in [1.54, 1.807) is 11.8 Å². The molecule has 3 fully saturated rings. The zero-order valence-electron chi connectivity index (χ0n) is 19.4. The first-order valence-corrected chi connectivity index (χ1v) is 11.9. The fourth-order valence-corrected chi connectivity index (χ4v) is 7.98. The largest absolute Gasteiger partial charge is 0.431 e. The molecule has 1 aromatic heterocycles. The van der Waals surface area contributed by atoms with E-state index in [0.717, 1.165) is 56.9 Å². The average Bonchev–Trinajstić information content (AvgIpc) is 3.00. The lowest BCUT2D eigenvalue weighted by molar-refractivity contribution is -0.176. The lowest BCUT2D eigenvalue weighted by Crippen LogP contribution is -2.60. The molecule has 2 unspecified atom stereocenters. The normalized spacial score (nSPS) is 43.1. The van der Waals surface area contributed by atoms with Crippen LogP contribution >= 0.6 is 0 Å². The maximum absolute atomic E-state index is 12.3. The Bertz CT molecular complexity index is 974. The fourth-order valence-electron chi connectivity index (χ4n) is 7.98. The van der Waals surface area contributed by atoms with E-state index >= 15 is 0 Å². The van der Waals surface area contributed by atoms with Crippen molar-refractivity contribution in [2.75, 3.05) is 14.1 Å². The van der Waals surface area contributed by atoms with Crippen molar-refractivity contribution in [1.82, 2.24) is 5.01 Å². The average molecular weight is 425 g/mol. The second-order valence-electron chi connectivity index (χ2n) is 11.1. The van der Waals surface area contributed by atoms with Crippen LogP contribution in [0.25, 0.3) is 0 Å². The molecule has 0 aromatic carbocycles. The van der Waals surface area contributed by atoms with Gasteiger partial charge in [-0.3, -0.25) is 0 Å². The van der Waals surface area contributed by atoms with Gasteiger partial charge in [-0.1, -0.05) is 19.4 Å². The van der Waals surface area contributed by atoms with Crippen molar-refractivity contribution >= 4 is 5.71 Å². The molecule has 4 aliphatic carbocycles. The van der Waals surface area contributed by atoms with Crippen molar-refractivity contribution in [2.45, 2.75) is 76.7 Å². The molecule has 1 aromatic rings. The van der Waals surface area contributed by atoms with Crippen molar-refractivity contribution in [3.05, 3.63) is 46.0 Å². The van der Waals surface area contributed by atoms with Crippen molar-refractivity contribution in [3.8, 4) is 0 Å². The van der Waals surface area contributed by atoms with Crippen LogP contribution in [0.4, 0.5) is 0 Å². The van der Waals surface area contributed by atoms with E-state index < -0.39 is 5.60 Å². The molecule has 0 spiro atoms. The minimum atomic E-state index is -0.650. The molecule has 5 heteroatoms. The highest BCUT2D eigenvalue weighted by Gasteiger charge is 2.66. The molecule has 31 heavy (non-hydrogen) atoms. The summed E-state index contributed by atoms with van der Waals surface area (Å²) in [5, 5.41) is 18.9. The Kier molecular flexibility index (Phi) is 4.78.